The second-order valence-electron chi connectivity index (χ2n) is 3.93. The van der Waals surface area contributed by atoms with Gasteiger partial charge in [0.2, 0.25) is 0 Å². The van der Waals surface area contributed by atoms with Gasteiger partial charge in [0.25, 0.3) is 0 Å². The van der Waals surface area contributed by atoms with Gasteiger partial charge in [-0.05, 0) is 18.9 Å². The van der Waals surface area contributed by atoms with Crippen LogP contribution in [0, 0.1) is 0 Å². The van der Waals surface area contributed by atoms with Crippen LogP contribution in [0.2, 0.25) is 0 Å². The van der Waals surface area contributed by atoms with Gasteiger partial charge in [0.15, 0.2) is 5.65 Å². The van der Waals surface area contributed by atoms with Crippen molar-refractivity contribution in [1.82, 2.24) is 14.5 Å². The van der Waals surface area contributed by atoms with Crippen molar-refractivity contribution in [3.63, 3.8) is 0 Å². The Kier molecular flexibility index (Phi) is 1.68. The summed E-state index contributed by atoms with van der Waals surface area (Å²) in [6.45, 7) is 0. The number of aromatic carboxylic acids is 1. The summed E-state index contributed by atoms with van der Waals surface area (Å²) in [4.78, 5) is 29.0. The minimum Gasteiger partial charge on any atom is -0.478 e. The number of imidazole rings is 1. The third kappa shape index (κ3) is 1.23. The normalized spacial score (nSPS) is 15.5. The molecule has 3 rings (SSSR count). The van der Waals surface area contributed by atoms with Gasteiger partial charge in [0.05, 0.1) is 11.1 Å². The molecule has 1 fully saturated rings. The maximum Gasteiger partial charge on any atom is 0.337 e. The molecule has 6 nitrogen and oxygen atoms in total. The topological polar surface area (TPSA) is 88.0 Å². The van der Waals surface area contributed by atoms with Gasteiger partial charge < -0.3 is 10.1 Å². The number of H-pyrrole nitrogens is 1. The van der Waals surface area contributed by atoms with E-state index in [0.717, 1.165) is 12.8 Å². The number of rotatable bonds is 2. The van der Waals surface area contributed by atoms with E-state index in [1.165, 1.54) is 12.3 Å². The van der Waals surface area contributed by atoms with Crippen molar-refractivity contribution < 1.29 is 9.90 Å². The highest BCUT2D eigenvalue weighted by atomic mass is 16.4. The van der Waals surface area contributed by atoms with Crippen LogP contribution in [0.5, 0.6) is 0 Å². The van der Waals surface area contributed by atoms with Gasteiger partial charge in [-0.25, -0.2) is 14.6 Å². The molecule has 0 atom stereocenters. The molecule has 0 radical (unpaired) electrons. The fourth-order valence-corrected chi connectivity index (χ4v) is 1.80. The first-order valence-corrected chi connectivity index (χ1v) is 5.00. The molecule has 1 aliphatic carbocycles. The summed E-state index contributed by atoms with van der Waals surface area (Å²) in [5.74, 6) is -1.05. The molecule has 0 unspecified atom stereocenters. The van der Waals surface area contributed by atoms with Crippen molar-refractivity contribution in [1.29, 1.82) is 0 Å². The molecule has 0 aliphatic heterocycles. The Hall–Kier alpha value is -2.11. The van der Waals surface area contributed by atoms with E-state index in [1.54, 1.807) is 4.57 Å². The van der Waals surface area contributed by atoms with Crippen LogP contribution in [-0.2, 0) is 0 Å². The van der Waals surface area contributed by atoms with Crippen molar-refractivity contribution in [2.24, 2.45) is 0 Å². The SMILES string of the molecule is O=C(O)c1cnc2c(c1)[nH]c(=O)n2C1CC1. The van der Waals surface area contributed by atoms with Gasteiger partial charge in [-0.3, -0.25) is 4.57 Å². The molecular formula is C10H9N3O3. The minimum atomic E-state index is -1.05. The van der Waals surface area contributed by atoms with Gasteiger partial charge >= 0.3 is 11.7 Å². The fraction of sp³-hybridized carbons (Fsp3) is 0.300. The average molecular weight is 219 g/mol. The average Bonchev–Trinajstić information content (AvgIpc) is 3.00. The Bertz CT molecular complexity index is 636. The molecule has 0 saturated heterocycles. The molecule has 0 spiro atoms. The maximum atomic E-state index is 11.6. The van der Waals surface area contributed by atoms with Crippen molar-refractivity contribution in [2.45, 2.75) is 18.9 Å². The van der Waals surface area contributed by atoms with E-state index < -0.39 is 5.97 Å². The zero-order valence-electron chi connectivity index (χ0n) is 8.30. The number of nitrogens with one attached hydrogen (secondary N) is 1. The van der Waals surface area contributed by atoms with E-state index in [2.05, 4.69) is 9.97 Å². The van der Waals surface area contributed by atoms with Crippen LogP contribution in [0.3, 0.4) is 0 Å². The standard InChI is InChI=1S/C10H9N3O3/c14-9(15)5-3-7-8(11-4-5)13(6-1-2-6)10(16)12-7/h3-4,6H,1-2H2,(H,12,16)(H,14,15). The summed E-state index contributed by atoms with van der Waals surface area (Å²) < 4.78 is 1.60. The second-order valence-corrected chi connectivity index (χ2v) is 3.93. The van der Waals surface area contributed by atoms with E-state index in [1.807, 2.05) is 0 Å². The lowest BCUT2D eigenvalue weighted by Crippen LogP contribution is -2.15. The highest BCUT2D eigenvalue weighted by Crippen LogP contribution is 2.35. The van der Waals surface area contributed by atoms with Crippen LogP contribution in [-0.4, -0.2) is 25.6 Å². The summed E-state index contributed by atoms with van der Waals surface area (Å²) in [5, 5.41) is 8.80. The predicted octanol–water partition coefficient (Wildman–Crippen LogP) is 0.758. The Morgan fingerprint density at radius 2 is 2.31 bits per heavy atom. The lowest BCUT2D eigenvalue weighted by atomic mass is 10.3. The van der Waals surface area contributed by atoms with Crippen molar-refractivity contribution in [2.75, 3.05) is 0 Å². The quantitative estimate of drug-likeness (QED) is 0.780. The van der Waals surface area contributed by atoms with Crippen LogP contribution < -0.4 is 5.69 Å². The third-order valence-electron chi connectivity index (χ3n) is 2.71. The Labute approximate surface area is 89.5 Å². The van der Waals surface area contributed by atoms with E-state index in [9.17, 15) is 9.59 Å². The summed E-state index contributed by atoms with van der Waals surface area (Å²) in [7, 11) is 0. The Morgan fingerprint density at radius 1 is 1.56 bits per heavy atom. The molecule has 0 amide bonds. The molecule has 0 bridgehead atoms. The largest absolute Gasteiger partial charge is 0.478 e. The molecular weight excluding hydrogens is 210 g/mol. The highest BCUT2D eigenvalue weighted by Gasteiger charge is 2.27. The summed E-state index contributed by atoms with van der Waals surface area (Å²) in [6.07, 6.45) is 3.24. The number of nitrogens with zero attached hydrogens (tertiary/aromatic N) is 2. The fourth-order valence-electron chi connectivity index (χ4n) is 1.80. The first-order chi connectivity index (χ1) is 7.66. The van der Waals surface area contributed by atoms with Crippen LogP contribution >= 0.6 is 0 Å². The summed E-state index contributed by atoms with van der Waals surface area (Å²) in [5.41, 5.74) is 0.888. The lowest BCUT2D eigenvalue weighted by Gasteiger charge is -1.98. The molecule has 6 heteroatoms. The number of aromatic amines is 1. The number of fused-ring (bicyclic) bond motifs is 1. The molecule has 16 heavy (non-hydrogen) atoms. The van der Waals surface area contributed by atoms with Gasteiger partial charge in [0.1, 0.15) is 0 Å². The van der Waals surface area contributed by atoms with Gasteiger partial charge in [-0.15, -0.1) is 0 Å². The number of carboxylic acid groups (broad SMARTS) is 1. The zero-order valence-corrected chi connectivity index (χ0v) is 8.30. The molecule has 2 aromatic heterocycles. The Balaban J connectivity index is 2.27. The third-order valence-corrected chi connectivity index (χ3v) is 2.71. The highest BCUT2D eigenvalue weighted by molar-refractivity contribution is 5.90. The van der Waals surface area contributed by atoms with Crippen molar-refractivity contribution in [3.05, 3.63) is 28.3 Å². The first-order valence-electron chi connectivity index (χ1n) is 5.00. The molecule has 2 heterocycles. The van der Waals surface area contributed by atoms with Gasteiger partial charge in [0, 0.05) is 12.2 Å². The van der Waals surface area contributed by atoms with Gasteiger partial charge in [-0.1, -0.05) is 0 Å². The summed E-state index contributed by atoms with van der Waals surface area (Å²) >= 11 is 0. The van der Waals surface area contributed by atoms with Crippen LogP contribution in [0.15, 0.2) is 17.1 Å². The molecule has 1 saturated carbocycles. The number of hydrogen-bond donors (Lipinski definition) is 2. The summed E-state index contributed by atoms with van der Waals surface area (Å²) in [6, 6.07) is 1.66. The van der Waals surface area contributed by atoms with E-state index in [0.29, 0.717) is 11.2 Å². The number of aromatic nitrogens is 3. The Morgan fingerprint density at radius 3 is 2.94 bits per heavy atom. The van der Waals surface area contributed by atoms with E-state index >= 15 is 0 Å². The first kappa shape index (κ1) is 9.14. The number of pyridine rings is 1. The number of carbonyl (C=O) groups is 1. The van der Waals surface area contributed by atoms with Crippen LogP contribution in [0.1, 0.15) is 29.2 Å². The van der Waals surface area contributed by atoms with Crippen LogP contribution in [0.4, 0.5) is 0 Å². The maximum absolute atomic E-state index is 11.6. The molecule has 1 aliphatic rings. The van der Waals surface area contributed by atoms with E-state index in [-0.39, 0.29) is 17.3 Å². The van der Waals surface area contributed by atoms with E-state index in [4.69, 9.17) is 5.11 Å². The number of carboxylic acids is 1. The van der Waals surface area contributed by atoms with Crippen molar-refractivity contribution >= 4 is 17.1 Å². The second kappa shape index (κ2) is 2.94. The predicted molar refractivity (Wildman–Crippen MR) is 55.6 cm³/mol. The molecule has 2 N–H and O–H groups in total. The smallest absolute Gasteiger partial charge is 0.337 e. The molecule has 2 aromatic rings. The monoisotopic (exact) mass is 219 g/mol. The number of hydrogen-bond acceptors (Lipinski definition) is 3. The molecule has 82 valence electrons. The lowest BCUT2D eigenvalue weighted by molar-refractivity contribution is 0.0696. The van der Waals surface area contributed by atoms with Crippen molar-refractivity contribution in [3.8, 4) is 0 Å². The zero-order chi connectivity index (χ0) is 11.3. The molecule has 0 aromatic carbocycles. The minimum absolute atomic E-state index is 0.0803. The van der Waals surface area contributed by atoms with Gasteiger partial charge in [-0.2, -0.15) is 0 Å². The van der Waals surface area contributed by atoms with Crippen LogP contribution in [0.25, 0.3) is 11.2 Å².